The molecule has 1 aliphatic heterocycles. The molecule has 1 aliphatic rings. The van der Waals surface area contributed by atoms with Crippen molar-refractivity contribution >= 4 is 5.91 Å². The number of carbonyl (C=O) groups excluding carboxylic acids is 1. The second kappa shape index (κ2) is 7.76. The summed E-state index contributed by atoms with van der Waals surface area (Å²) in [6, 6.07) is 9.61. The van der Waals surface area contributed by atoms with Crippen LogP contribution in [0.5, 0.6) is 5.75 Å². The molecule has 0 saturated carbocycles. The van der Waals surface area contributed by atoms with Crippen molar-refractivity contribution in [3.63, 3.8) is 0 Å². The van der Waals surface area contributed by atoms with E-state index < -0.39 is 0 Å². The number of carbonyl (C=O) groups is 1. The molecule has 122 valence electrons. The van der Waals surface area contributed by atoms with Gasteiger partial charge in [-0.25, -0.2) is 0 Å². The van der Waals surface area contributed by atoms with Crippen molar-refractivity contribution in [3.8, 4) is 5.75 Å². The summed E-state index contributed by atoms with van der Waals surface area (Å²) in [6.07, 6.45) is 6.06. The first-order valence-electron chi connectivity index (χ1n) is 8.11. The van der Waals surface area contributed by atoms with Gasteiger partial charge < -0.3 is 9.64 Å². The van der Waals surface area contributed by atoms with Crippen LogP contribution in [0, 0.1) is 5.92 Å². The van der Waals surface area contributed by atoms with Gasteiger partial charge in [-0.1, -0.05) is 23.4 Å². The van der Waals surface area contributed by atoms with Crippen LogP contribution in [-0.4, -0.2) is 45.5 Å². The molecule has 0 bridgehead atoms. The van der Waals surface area contributed by atoms with Gasteiger partial charge in [0.2, 0.25) is 5.91 Å². The molecule has 23 heavy (non-hydrogen) atoms. The zero-order chi connectivity index (χ0) is 15.9. The highest BCUT2D eigenvalue weighted by molar-refractivity contribution is 5.76. The SMILES string of the molecule is O=C(CCOc1ccccc1)N1CCC(Cn2ccnn2)CC1. The van der Waals surface area contributed by atoms with E-state index in [9.17, 15) is 4.79 Å². The van der Waals surface area contributed by atoms with Gasteiger partial charge in [0.25, 0.3) is 0 Å². The van der Waals surface area contributed by atoms with Gasteiger partial charge in [-0.05, 0) is 30.9 Å². The minimum absolute atomic E-state index is 0.181. The van der Waals surface area contributed by atoms with Crippen molar-refractivity contribution in [3.05, 3.63) is 42.7 Å². The Morgan fingerprint density at radius 1 is 1.22 bits per heavy atom. The maximum absolute atomic E-state index is 12.2. The van der Waals surface area contributed by atoms with Crippen molar-refractivity contribution < 1.29 is 9.53 Å². The number of rotatable bonds is 6. The van der Waals surface area contributed by atoms with Crippen LogP contribution in [0.3, 0.4) is 0 Å². The van der Waals surface area contributed by atoms with Gasteiger partial charge in [0.05, 0.1) is 19.2 Å². The number of amides is 1. The van der Waals surface area contributed by atoms with E-state index in [2.05, 4.69) is 10.3 Å². The Kier molecular flexibility index (Phi) is 5.24. The molecule has 6 nitrogen and oxygen atoms in total. The first-order valence-corrected chi connectivity index (χ1v) is 8.11. The Bertz CT molecular complexity index is 592. The molecule has 6 heteroatoms. The molecular weight excluding hydrogens is 292 g/mol. The first-order chi connectivity index (χ1) is 11.3. The molecule has 0 N–H and O–H groups in total. The fourth-order valence-corrected chi connectivity index (χ4v) is 2.89. The van der Waals surface area contributed by atoms with Gasteiger partial charge in [-0.3, -0.25) is 9.48 Å². The maximum Gasteiger partial charge on any atom is 0.225 e. The number of nitrogens with zero attached hydrogens (tertiary/aromatic N) is 4. The number of piperidine rings is 1. The third kappa shape index (κ3) is 4.55. The summed E-state index contributed by atoms with van der Waals surface area (Å²) in [5.74, 6) is 1.56. The highest BCUT2D eigenvalue weighted by atomic mass is 16.5. The molecule has 2 aromatic rings. The first kappa shape index (κ1) is 15.5. The number of likely N-dealkylation sites (tertiary alicyclic amines) is 1. The van der Waals surface area contributed by atoms with E-state index in [0.29, 0.717) is 18.9 Å². The minimum atomic E-state index is 0.181. The number of benzene rings is 1. The summed E-state index contributed by atoms with van der Waals surface area (Å²) in [5, 5.41) is 7.83. The van der Waals surface area contributed by atoms with Gasteiger partial charge in [-0.15, -0.1) is 5.10 Å². The summed E-state index contributed by atoms with van der Waals surface area (Å²) < 4.78 is 7.46. The number of ether oxygens (including phenoxy) is 1. The van der Waals surface area contributed by atoms with Crippen molar-refractivity contribution in [2.75, 3.05) is 19.7 Å². The minimum Gasteiger partial charge on any atom is -0.493 e. The van der Waals surface area contributed by atoms with E-state index in [4.69, 9.17) is 4.74 Å². The Labute approximate surface area is 136 Å². The lowest BCUT2D eigenvalue weighted by Crippen LogP contribution is -2.39. The van der Waals surface area contributed by atoms with Crippen LogP contribution in [0.25, 0.3) is 0 Å². The number of aromatic nitrogens is 3. The maximum atomic E-state index is 12.2. The number of hydrogen-bond donors (Lipinski definition) is 0. The third-order valence-electron chi connectivity index (χ3n) is 4.21. The molecule has 2 heterocycles. The standard InChI is InChI=1S/C17H22N4O2/c22-17(8-13-23-16-4-2-1-3-5-16)20-10-6-15(7-11-20)14-21-12-9-18-19-21/h1-5,9,12,15H,6-8,10-11,13-14H2. The van der Waals surface area contributed by atoms with Crippen molar-refractivity contribution in [1.29, 1.82) is 0 Å². The molecule has 0 radical (unpaired) electrons. The van der Waals surface area contributed by atoms with Crippen LogP contribution in [0.4, 0.5) is 0 Å². The van der Waals surface area contributed by atoms with Gasteiger partial charge in [0.1, 0.15) is 5.75 Å². The summed E-state index contributed by atoms with van der Waals surface area (Å²) >= 11 is 0. The molecule has 0 spiro atoms. The monoisotopic (exact) mass is 314 g/mol. The summed E-state index contributed by atoms with van der Waals surface area (Å²) in [5.41, 5.74) is 0. The smallest absolute Gasteiger partial charge is 0.225 e. The van der Waals surface area contributed by atoms with Crippen LogP contribution in [-0.2, 0) is 11.3 Å². The topological polar surface area (TPSA) is 60.2 Å². The fraction of sp³-hybridized carbons (Fsp3) is 0.471. The predicted octanol–water partition coefficient (Wildman–Crippen LogP) is 1.99. The van der Waals surface area contributed by atoms with Gasteiger partial charge in [0, 0.05) is 25.8 Å². The quantitative estimate of drug-likeness (QED) is 0.818. The zero-order valence-electron chi connectivity index (χ0n) is 13.2. The largest absolute Gasteiger partial charge is 0.493 e. The third-order valence-corrected chi connectivity index (χ3v) is 4.21. The molecule has 1 amide bonds. The normalized spacial score (nSPS) is 15.6. The second-order valence-electron chi connectivity index (χ2n) is 5.86. The van der Waals surface area contributed by atoms with Crippen molar-refractivity contribution in [1.82, 2.24) is 19.9 Å². The van der Waals surface area contributed by atoms with E-state index >= 15 is 0 Å². The molecule has 1 aromatic carbocycles. The average molecular weight is 314 g/mol. The lowest BCUT2D eigenvalue weighted by atomic mass is 9.96. The molecule has 0 aliphatic carbocycles. The summed E-state index contributed by atoms with van der Waals surface area (Å²) in [7, 11) is 0. The van der Waals surface area contributed by atoms with Crippen LogP contribution >= 0.6 is 0 Å². The van der Waals surface area contributed by atoms with Crippen LogP contribution in [0.15, 0.2) is 42.7 Å². The van der Waals surface area contributed by atoms with Crippen LogP contribution < -0.4 is 4.74 Å². The lowest BCUT2D eigenvalue weighted by Gasteiger charge is -2.32. The van der Waals surface area contributed by atoms with Gasteiger partial charge in [0.15, 0.2) is 0 Å². The Balaban J connectivity index is 1.36. The molecule has 1 fully saturated rings. The van der Waals surface area contributed by atoms with Crippen LogP contribution in [0.2, 0.25) is 0 Å². The van der Waals surface area contributed by atoms with E-state index in [1.165, 1.54) is 0 Å². The molecule has 1 aromatic heterocycles. The van der Waals surface area contributed by atoms with Crippen molar-refractivity contribution in [2.24, 2.45) is 5.92 Å². The van der Waals surface area contributed by atoms with E-state index in [0.717, 1.165) is 38.2 Å². The number of para-hydroxylation sites is 1. The van der Waals surface area contributed by atoms with Crippen molar-refractivity contribution in [2.45, 2.75) is 25.8 Å². The highest BCUT2D eigenvalue weighted by Gasteiger charge is 2.23. The second-order valence-corrected chi connectivity index (χ2v) is 5.86. The molecule has 0 unspecified atom stereocenters. The summed E-state index contributed by atoms with van der Waals surface area (Å²) in [6.45, 7) is 2.97. The van der Waals surface area contributed by atoms with E-state index in [1.807, 2.05) is 46.1 Å². The van der Waals surface area contributed by atoms with Gasteiger partial charge >= 0.3 is 0 Å². The zero-order valence-corrected chi connectivity index (χ0v) is 13.2. The lowest BCUT2D eigenvalue weighted by molar-refractivity contribution is -0.133. The molecular formula is C17H22N4O2. The summed E-state index contributed by atoms with van der Waals surface area (Å²) in [4.78, 5) is 14.2. The van der Waals surface area contributed by atoms with Gasteiger partial charge in [-0.2, -0.15) is 0 Å². The highest BCUT2D eigenvalue weighted by Crippen LogP contribution is 2.19. The Hall–Kier alpha value is -2.37. The molecule has 3 rings (SSSR count). The number of hydrogen-bond acceptors (Lipinski definition) is 4. The average Bonchev–Trinajstić information content (AvgIpc) is 3.09. The Morgan fingerprint density at radius 2 is 2.00 bits per heavy atom. The Morgan fingerprint density at radius 3 is 2.70 bits per heavy atom. The molecule has 1 saturated heterocycles. The van der Waals surface area contributed by atoms with Crippen LogP contribution in [0.1, 0.15) is 19.3 Å². The predicted molar refractivity (Wildman–Crippen MR) is 85.9 cm³/mol. The van der Waals surface area contributed by atoms with E-state index in [1.54, 1.807) is 6.20 Å². The molecule has 0 atom stereocenters. The fourth-order valence-electron chi connectivity index (χ4n) is 2.89. The van der Waals surface area contributed by atoms with E-state index in [-0.39, 0.29) is 5.91 Å².